The van der Waals surface area contributed by atoms with Crippen molar-refractivity contribution in [3.63, 3.8) is 0 Å². The van der Waals surface area contributed by atoms with Gasteiger partial charge in [-0.1, -0.05) is 36.4 Å². The van der Waals surface area contributed by atoms with Gasteiger partial charge in [-0.05, 0) is 11.6 Å². The van der Waals surface area contributed by atoms with E-state index in [-0.39, 0.29) is 0 Å². The van der Waals surface area contributed by atoms with Crippen LogP contribution in [0.1, 0.15) is 18.1 Å². The second-order valence-corrected chi connectivity index (χ2v) is 3.39. The molecular weight excluding hydrogens is 200 g/mol. The first kappa shape index (κ1) is 11.1. The lowest BCUT2D eigenvalue weighted by Crippen LogP contribution is -2.00. The van der Waals surface area contributed by atoms with Crippen molar-refractivity contribution in [1.82, 2.24) is 0 Å². The molecule has 2 nitrogen and oxygen atoms in total. The molecule has 76 valence electrons. The summed E-state index contributed by atoms with van der Waals surface area (Å²) in [6, 6.07) is 7.19. The van der Waals surface area contributed by atoms with Crippen molar-refractivity contribution >= 4 is 11.6 Å². The number of halogens is 1. The maximum absolute atomic E-state index is 9.78. The topological polar surface area (TPSA) is 29.5 Å². The lowest BCUT2D eigenvalue weighted by atomic mass is 10.1. The predicted octanol–water partition coefficient (Wildman–Crippen LogP) is 2.92. The van der Waals surface area contributed by atoms with E-state index in [0.717, 1.165) is 0 Å². The molecule has 0 saturated heterocycles. The molecule has 0 fully saturated rings. The highest BCUT2D eigenvalue weighted by Gasteiger charge is 2.12. The van der Waals surface area contributed by atoms with Gasteiger partial charge in [-0.15, -0.1) is 0 Å². The van der Waals surface area contributed by atoms with Crippen LogP contribution in [0.5, 0.6) is 0 Å². The summed E-state index contributed by atoms with van der Waals surface area (Å²) < 4.78 is 4.88. The largest absolute Gasteiger partial charge is 0.502 e. The Kier molecular flexibility index (Phi) is 3.98. The number of aliphatic hydroxyl groups is 1. The Morgan fingerprint density at radius 2 is 2.21 bits per heavy atom. The fourth-order valence-corrected chi connectivity index (χ4v) is 1.42. The zero-order valence-electron chi connectivity index (χ0n) is 8.03. The predicted molar refractivity (Wildman–Crippen MR) is 57.2 cm³/mol. The molecule has 0 bridgehead atoms. The van der Waals surface area contributed by atoms with E-state index in [1.165, 1.54) is 7.11 Å². The van der Waals surface area contributed by atoms with E-state index in [9.17, 15) is 5.11 Å². The van der Waals surface area contributed by atoms with E-state index in [0.29, 0.717) is 22.8 Å². The van der Waals surface area contributed by atoms with Gasteiger partial charge in [0.25, 0.3) is 0 Å². The Balaban J connectivity index is 2.74. The van der Waals surface area contributed by atoms with Gasteiger partial charge in [0.05, 0.1) is 19.0 Å². The molecule has 3 heteroatoms. The number of hydrogen-bond donors (Lipinski definition) is 1. The summed E-state index contributed by atoms with van der Waals surface area (Å²) in [4.78, 5) is 0. The lowest BCUT2D eigenvalue weighted by molar-refractivity contribution is 0.150. The molecule has 0 aliphatic carbocycles. The molecule has 0 aromatic heterocycles. The maximum atomic E-state index is 9.78. The van der Waals surface area contributed by atoms with Gasteiger partial charge in [0.2, 0.25) is 0 Å². The van der Waals surface area contributed by atoms with E-state index < -0.39 is 6.10 Å². The fraction of sp³-hybridized carbons (Fsp3) is 0.273. The molecule has 0 heterocycles. The molecular formula is C11H13ClO2. The van der Waals surface area contributed by atoms with Crippen LogP contribution in [0.25, 0.3) is 0 Å². The van der Waals surface area contributed by atoms with Gasteiger partial charge >= 0.3 is 0 Å². The highest BCUT2D eigenvalue weighted by molar-refractivity contribution is 6.31. The molecule has 1 atom stereocenters. The normalized spacial score (nSPS) is 12.2. The van der Waals surface area contributed by atoms with Crippen LogP contribution in [-0.4, -0.2) is 12.2 Å². The van der Waals surface area contributed by atoms with Crippen molar-refractivity contribution in [2.24, 2.45) is 0 Å². The van der Waals surface area contributed by atoms with Gasteiger partial charge in [-0.2, -0.15) is 0 Å². The molecule has 1 aromatic rings. The van der Waals surface area contributed by atoms with E-state index in [1.807, 2.05) is 12.1 Å². The number of rotatable bonds is 4. The van der Waals surface area contributed by atoms with Crippen molar-refractivity contribution in [3.8, 4) is 0 Å². The van der Waals surface area contributed by atoms with Crippen molar-refractivity contribution in [2.75, 3.05) is 7.11 Å². The van der Waals surface area contributed by atoms with Crippen LogP contribution in [0.3, 0.4) is 0 Å². The Morgan fingerprint density at radius 1 is 1.57 bits per heavy atom. The first-order valence-electron chi connectivity index (χ1n) is 4.29. The van der Waals surface area contributed by atoms with Crippen LogP contribution >= 0.6 is 11.6 Å². The highest BCUT2D eigenvalue weighted by Crippen LogP contribution is 2.26. The van der Waals surface area contributed by atoms with Crippen LogP contribution < -0.4 is 0 Å². The first-order valence-corrected chi connectivity index (χ1v) is 4.67. The lowest BCUT2D eigenvalue weighted by Gasteiger charge is -2.13. The Morgan fingerprint density at radius 3 is 2.79 bits per heavy atom. The number of aliphatic hydroxyl groups excluding tert-OH is 1. The van der Waals surface area contributed by atoms with Gasteiger partial charge in [0, 0.05) is 11.4 Å². The quantitative estimate of drug-likeness (QED) is 0.778. The summed E-state index contributed by atoms with van der Waals surface area (Å²) in [7, 11) is 1.53. The van der Waals surface area contributed by atoms with E-state index in [1.54, 1.807) is 12.1 Å². The van der Waals surface area contributed by atoms with Gasteiger partial charge in [-0.25, -0.2) is 0 Å². The third-order valence-corrected chi connectivity index (χ3v) is 2.32. The highest BCUT2D eigenvalue weighted by atomic mass is 35.5. The molecule has 0 aliphatic rings. The summed E-state index contributed by atoms with van der Waals surface area (Å²) in [5.41, 5.74) is 0.701. The Labute approximate surface area is 88.8 Å². The molecule has 1 N–H and O–H groups in total. The summed E-state index contributed by atoms with van der Waals surface area (Å²) >= 11 is 5.92. The van der Waals surface area contributed by atoms with Crippen LogP contribution in [-0.2, 0) is 4.74 Å². The van der Waals surface area contributed by atoms with Crippen LogP contribution in [0, 0.1) is 0 Å². The second kappa shape index (κ2) is 5.03. The molecule has 1 aromatic carbocycles. The van der Waals surface area contributed by atoms with Crippen molar-refractivity contribution in [3.05, 3.63) is 47.2 Å². The fourth-order valence-electron chi connectivity index (χ4n) is 1.15. The maximum Gasteiger partial charge on any atom is 0.0913 e. The molecule has 0 aliphatic heterocycles. The zero-order chi connectivity index (χ0) is 10.6. The number of ether oxygens (including phenoxy) is 1. The number of hydrogen-bond acceptors (Lipinski definition) is 2. The van der Waals surface area contributed by atoms with Gasteiger partial charge < -0.3 is 9.84 Å². The summed E-state index contributed by atoms with van der Waals surface area (Å²) in [6.45, 7) is 3.64. The molecule has 14 heavy (non-hydrogen) atoms. The van der Waals surface area contributed by atoms with Gasteiger partial charge in [0.1, 0.15) is 0 Å². The smallest absolute Gasteiger partial charge is 0.0913 e. The van der Waals surface area contributed by atoms with Crippen LogP contribution in [0.2, 0.25) is 5.02 Å². The van der Waals surface area contributed by atoms with Crippen LogP contribution in [0.4, 0.5) is 0 Å². The zero-order valence-corrected chi connectivity index (χ0v) is 8.79. The standard InChI is InChI=1S/C11H13ClO2/c1-8(14-2)7-11(13)9-5-3-4-6-10(9)12/h3-6,11,13H,1,7H2,2H3/t11-/m0/s1. The molecule has 0 spiro atoms. The monoisotopic (exact) mass is 212 g/mol. The summed E-state index contributed by atoms with van der Waals surface area (Å²) in [6.07, 6.45) is -0.295. The second-order valence-electron chi connectivity index (χ2n) is 2.98. The van der Waals surface area contributed by atoms with E-state index in [4.69, 9.17) is 16.3 Å². The molecule has 0 radical (unpaired) electrons. The summed E-state index contributed by atoms with van der Waals surface area (Å²) in [5, 5.41) is 10.3. The average molecular weight is 213 g/mol. The van der Waals surface area contributed by atoms with Crippen molar-refractivity contribution in [2.45, 2.75) is 12.5 Å². The van der Waals surface area contributed by atoms with E-state index in [2.05, 4.69) is 6.58 Å². The molecule has 0 amide bonds. The Hall–Kier alpha value is -0.990. The number of methoxy groups -OCH3 is 1. The van der Waals surface area contributed by atoms with Crippen molar-refractivity contribution in [1.29, 1.82) is 0 Å². The molecule has 1 rings (SSSR count). The number of benzene rings is 1. The third-order valence-electron chi connectivity index (χ3n) is 1.97. The van der Waals surface area contributed by atoms with Crippen molar-refractivity contribution < 1.29 is 9.84 Å². The SMILES string of the molecule is C=C(C[C@H](O)c1ccccc1Cl)OC. The first-order chi connectivity index (χ1) is 6.65. The average Bonchev–Trinajstić information content (AvgIpc) is 2.18. The molecule has 0 unspecified atom stereocenters. The summed E-state index contributed by atoms with van der Waals surface area (Å²) in [5.74, 6) is 0.539. The minimum atomic E-state index is -0.656. The minimum absolute atomic E-state index is 0.361. The Bertz CT molecular complexity index is 323. The van der Waals surface area contributed by atoms with Crippen LogP contribution in [0.15, 0.2) is 36.6 Å². The van der Waals surface area contributed by atoms with Gasteiger partial charge in [-0.3, -0.25) is 0 Å². The molecule has 0 saturated carbocycles. The minimum Gasteiger partial charge on any atom is -0.502 e. The van der Waals surface area contributed by atoms with E-state index >= 15 is 0 Å². The third kappa shape index (κ3) is 2.76. The van der Waals surface area contributed by atoms with Gasteiger partial charge in [0.15, 0.2) is 0 Å².